The van der Waals surface area contributed by atoms with Crippen molar-refractivity contribution >= 4 is 23.4 Å². The topological polar surface area (TPSA) is 59.6 Å². The smallest absolute Gasteiger partial charge is 0.214 e. The summed E-state index contributed by atoms with van der Waals surface area (Å²) >= 11 is 5.30. The molecule has 0 aliphatic heterocycles. The first-order valence-corrected chi connectivity index (χ1v) is 6.01. The van der Waals surface area contributed by atoms with E-state index in [4.69, 9.17) is 16.6 Å². The Labute approximate surface area is 108 Å². The largest absolute Gasteiger partial charge is 0.444 e. The van der Waals surface area contributed by atoms with Gasteiger partial charge in [0.15, 0.2) is 10.4 Å². The normalized spacial score (nSPS) is 11.2. The van der Waals surface area contributed by atoms with Crippen LogP contribution in [0.15, 0.2) is 22.9 Å². The maximum absolute atomic E-state index is 5.46. The van der Waals surface area contributed by atoms with Crippen LogP contribution in [0.3, 0.4) is 0 Å². The molecule has 18 heavy (non-hydrogen) atoms. The molecule has 0 spiro atoms. The lowest BCUT2D eigenvalue weighted by Gasteiger charge is -2.00. The van der Waals surface area contributed by atoms with E-state index in [-0.39, 0.29) is 0 Å². The van der Waals surface area contributed by atoms with Crippen molar-refractivity contribution in [1.29, 1.82) is 0 Å². The minimum absolute atomic E-state index is 0.489. The number of hydrogen-bond acceptors (Lipinski definition) is 4. The van der Waals surface area contributed by atoms with Gasteiger partial charge in [0, 0.05) is 6.20 Å². The van der Waals surface area contributed by atoms with Crippen molar-refractivity contribution in [1.82, 2.24) is 19.5 Å². The number of aromatic amines is 1. The molecule has 3 aromatic rings. The predicted molar refractivity (Wildman–Crippen MR) is 70.0 cm³/mol. The van der Waals surface area contributed by atoms with Crippen LogP contribution in [-0.4, -0.2) is 19.5 Å². The standard InChI is InChI=1S/C12H12N4OS/c1-7-3-9-11(14-4-7)16(12(18)15-9)6-10-13-5-8(2)17-10/h3-5H,6H2,1-2H3,(H,15,18). The summed E-state index contributed by atoms with van der Waals surface area (Å²) in [6.45, 7) is 4.35. The Bertz CT molecular complexity index is 768. The van der Waals surface area contributed by atoms with Crippen LogP contribution in [0.5, 0.6) is 0 Å². The Hall–Kier alpha value is -1.95. The summed E-state index contributed by atoms with van der Waals surface area (Å²) in [4.78, 5) is 11.7. The molecule has 0 unspecified atom stereocenters. The Morgan fingerprint density at radius 1 is 1.33 bits per heavy atom. The van der Waals surface area contributed by atoms with Crippen LogP contribution in [0.1, 0.15) is 17.2 Å². The Morgan fingerprint density at radius 3 is 2.89 bits per heavy atom. The Balaban J connectivity index is 2.11. The van der Waals surface area contributed by atoms with Crippen LogP contribution in [-0.2, 0) is 6.54 Å². The van der Waals surface area contributed by atoms with Crippen LogP contribution in [0, 0.1) is 18.6 Å². The van der Waals surface area contributed by atoms with Gasteiger partial charge < -0.3 is 9.40 Å². The number of aromatic nitrogens is 4. The minimum atomic E-state index is 0.489. The lowest BCUT2D eigenvalue weighted by molar-refractivity contribution is 0.458. The second-order valence-electron chi connectivity index (χ2n) is 4.26. The van der Waals surface area contributed by atoms with Gasteiger partial charge in [0.1, 0.15) is 12.3 Å². The summed E-state index contributed by atoms with van der Waals surface area (Å²) in [5.74, 6) is 1.42. The highest BCUT2D eigenvalue weighted by Gasteiger charge is 2.09. The number of nitrogens with one attached hydrogen (secondary N) is 1. The number of imidazole rings is 1. The highest BCUT2D eigenvalue weighted by molar-refractivity contribution is 7.71. The molecule has 0 atom stereocenters. The molecule has 0 saturated heterocycles. The van der Waals surface area contributed by atoms with Gasteiger partial charge >= 0.3 is 0 Å². The van der Waals surface area contributed by atoms with Gasteiger partial charge in [-0.1, -0.05) is 0 Å². The number of hydrogen-bond donors (Lipinski definition) is 1. The monoisotopic (exact) mass is 260 g/mol. The van der Waals surface area contributed by atoms with Gasteiger partial charge in [-0.05, 0) is 37.7 Å². The van der Waals surface area contributed by atoms with Gasteiger partial charge in [0.2, 0.25) is 5.89 Å². The van der Waals surface area contributed by atoms with Crippen molar-refractivity contribution in [2.45, 2.75) is 20.4 Å². The molecule has 0 bridgehead atoms. The number of aryl methyl sites for hydroxylation is 2. The molecule has 3 rings (SSSR count). The highest BCUT2D eigenvalue weighted by Crippen LogP contribution is 2.15. The third-order valence-electron chi connectivity index (χ3n) is 2.71. The lowest BCUT2D eigenvalue weighted by atomic mass is 10.3. The van der Waals surface area contributed by atoms with E-state index in [1.807, 2.05) is 30.7 Å². The number of pyridine rings is 1. The molecule has 0 aromatic carbocycles. The first-order valence-electron chi connectivity index (χ1n) is 5.60. The molecule has 0 aliphatic rings. The van der Waals surface area contributed by atoms with Crippen LogP contribution >= 0.6 is 12.2 Å². The van der Waals surface area contributed by atoms with Crippen molar-refractivity contribution in [2.75, 3.05) is 0 Å². The van der Waals surface area contributed by atoms with Crippen LogP contribution in [0.25, 0.3) is 11.2 Å². The van der Waals surface area contributed by atoms with E-state index in [9.17, 15) is 0 Å². The fourth-order valence-electron chi connectivity index (χ4n) is 1.90. The van der Waals surface area contributed by atoms with Gasteiger partial charge in [-0.3, -0.25) is 4.57 Å². The lowest BCUT2D eigenvalue weighted by Crippen LogP contribution is -2.01. The summed E-state index contributed by atoms with van der Waals surface area (Å²) in [6.07, 6.45) is 3.52. The first kappa shape index (κ1) is 11.2. The van der Waals surface area contributed by atoms with Crippen LogP contribution in [0.4, 0.5) is 0 Å². The van der Waals surface area contributed by atoms with Crippen molar-refractivity contribution in [3.8, 4) is 0 Å². The number of oxazole rings is 1. The second-order valence-corrected chi connectivity index (χ2v) is 4.65. The fourth-order valence-corrected chi connectivity index (χ4v) is 2.17. The summed E-state index contributed by atoms with van der Waals surface area (Å²) in [6, 6.07) is 2.02. The molecule has 0 amide bonds. The van der Waals surface area contributed by atoms with Crippen molar-refractivity contribution in [2.24, 2.45) is 0 Å². The zero-order valence-electron chi connectivity index (χ0n) is 10.1. The van der Waals surface area contributed by atoms with Gasteiger partial charge in [-0.25, -0.2) is 9.97 Å². The molecule has 3 heterocycles. The molecule has 3 aromatic heterocycles. The summed E-state index contributed by atoms with van der Waals surface area (Å²) in [5.41, 5.74) is 2.85. The molecule has 0 aliphatic carbocycles. The zero-order chi connectivity index (χ0) is 12.7. The maximum atomic E-state index is 5.46. The number of rotatable bonds is 2. The highest BCUT2D eigenvalue weighted by atomic mass is 32.1. The molecule has 6 heteroatoms. The van der Waals surface area contributed by atoms with Crippen molar-refractivity contribution in [3.63, 3.8) is 0 Å². The number of H-pyrrole nitrogens is 1. The van der Waals surface area contributed by atoms with Gasteiger partial charge in [-0.2, -0.15) is 0 Å². The van der Waals surface area contributed by atoms with E-state index < -0.39 is 0 Å². The molecule has 1 N–H and O–H groups in total. The quantitative estimate of drug-likeness (QED) is 0.720. The van der Waals surface area contributed by atoms with Crippen molar-refractivity contribution in [3.05, 3.63) is 40.4 Å². The van der Waals surface area contributed by atoms with E-state index in [2.05, 4.69) is 15.0 Å². The molecule has 0 radical (unpaired) electrons. The van der Waals surface area contributed by atoms with E-state index in [0.29, 0.717) is 17.2 Å². The van der Waals surface area contributed by atoms with Crippen LogP contribution < -0.4 is 0 Å². The minimum Gasteiger partial charge on any atom is -0.444 e. The van der Waals surface area contributed by atoms with Gasteiger partial charge in [0.05, 0.1) is 11.7 Å². The first-order chi connectivity index (χ1) is 8.63. The van der Waals surface area contributed by atoms with E-state index in [1.54, 1.807) is 6.20 Å². The Kier molecular flexibility index (Phi) is 2.52. The van der Waals surface area contributed by atoms with Crippen LogP contribution in [0.2, 0.25) is 0 Å². The number of fused-ring (bicyclic) bond motifs is 1. The molecule has 5 nitrogen and oxygen atoms in total. The summed E-state index contributed by atoms with van der Waals surface area (Å²) in [7, 11) is 0. The molecule has 92 valence electrons. The third kappa shape index (κ3) is 1.84. The molecule has 0 saturated carbocycles. The molecular formula is C12H12N4OS. The second kappa shape index (κ2) is 4.06. The van der Waals surface area contributed by atoms with E-state index in [1.165, 1.54) is 0 Å². The zero-order valence-corrected chi connectivity index (χ0v) is 10.9. The molecule has 0 fully saturated rings. The van der Waals surface area contributed by atoms with Crippen molar-refractivity contribution < 1.29 is 4.42 Å². The van der Waals surface area contributed by atoms with Gasteiger partial charge in [0.25, 0.3) is 0 Å². The summed E-state index contributed by atoms with van der Waals surface area (Å²) < 4.78 is 7.97. The average Bonchev–Trinajstić information content (AvgIpc) is 2.84. The van der Waals surface area contributed by atoms with Gasteiger partial charge in [-0.15, -0.1) is 0 Å². The number of nitrogens with zero attached hydrogens (tertiary/aromatic N) is 3. The fraction of sp³-hybridized carbons (Fsp3) is 0.250. The maximum Gasteiger partial charge on any atom is 0.214 e. The third-order valence-corrected chi connectivity index (χ3v) is 3.03. The SMILES string of the molecule is Cc1cnc2c(c1)[nH]c(=S)n2Cc1ncc(C)o1. The van der Waals surface area contributed by atoms with E-state index >= 15 is 0 Å². The van der Waals surface area contributed by atoms with E-state index in [0.717, 1.165) is 22.5 Å². The Morgan fingerprint density at radius 2 is 2.17 bits per heavy atom. The predicted octanol–water partition coefficient (Wildman–Crippen LogP) is 2.75. The molecular weight excluding hydrogens is 248 g/mol. The average molecular weight is 260 g/mol. The summed E-state index contributed by atoms with van der Waals surface area (Å²) in [5, 5.41) is 0.